The summed E-state index contributed by atoms with van der Waals surface area (Å²) in [4.78, 5) is 12.6. The number of hydrogen-bond acceptors (Lipinski definition) is 2. The van der Waals surface area contributed by atoms with Gasteiger partial charge in [0.15, 0.2) is 0 Å². The zero-order valence-electron chi connectivity index (χ0n) is 13.7. The van der Waals surface area contributed by atoms with Gasteiger partial charge in [0.05, 0.1) is 22.8 Å². The smallest absolute Gasteiger partial charge is 0.141 e. The Balaban J connectivity index is 2.08. The minimum absolute atomic E-state index is 0.208. The molecule has 1 saturated carbocycles. The number of Topliss-reactive ketones (excluding diaryl/α,β-unsaturated/α-hetero) is 1. The molecule has 0 atom stereocenters. The van der Waals surface area contributed by atoms with Crippen LogP contribution in [-0.2, 0) is 24.2 Å². The van der Waals surface area contributed by atoms with E-state index >= 15 is 0 Å². The Morgan fingerprint density at radius 3 is 2.48 bits per heavy atom. The van der Waals surface area contributed by atoms with Gasteiger partial charge in [-0.05, 0) is 44.4 Å². The molecule has 0 aliphatic heterocycles. The van der Waals surface area contributed by atoms with Crippen LogP contribution in [0.15, 0.2) is 0 Å². The lowest BCUT2D eigenvalue weighted by Crippen LogP contribution is -2.27. The van der Waals surface area contributed by atoms with Crippen molar-refractivity contribution in [3.8, 4) is 0 Å². The highest BCUT2D eigenvalue weighted by Gasteiger charge is 2.31. The second kappa shape index (κ2) is 6.51. The van der Waals surface area contributed by atoms with E-state index in [1.54, 1.807) is 0 Å². The molecule has 1 aromatic heterocycles. The average molecular weight is 311 g/mol. The first-order valence-corrected chi connectivity index (χ1v) is 8.52. The van der Waals surface area contributed by atoms with Crippen molar-refractivity contribution in [1.82, 2.24) is 9.78 Å². The lowest BCUT2D eigenvalue weighted by molar-refractivity contribution is -0.123. The predicted octanol–water partition coefficient (Wildman–Crippen LogP) is 4.45. The Morgan fingerprint density at radius 2 is 1.95 bits per heavy atom. The molecule has 0 bridgehead atoms. The summed E-state index contributed by atoms with van der Waals surface area (Å²) in [6.07, 6.45) is 5.57. The Labute approximate surface area is 133 Å². The van der Waals surface area contributed by atoms with E-state index in [2.05, 4.69) is 18.9 Å². The summed E-state index contributed by atoms with van der Waals surface area (Å²) in [7, 11) is 0. The molecule has 21 heavy (non-hydrogen) atoms. The number of ketones is 1. The van der Waals surface area contributed by atoms with E-state index in [0.717, 1.165) is 50.0 Å². The van der Waals surface area contributed by atoms with Crippen LogP contribution < -0.4 is 0 Å². The fourth-order valence-corrected chi connectivity index (χ4v) is 3.55. The number of halogens is 1. The van der Waals surface area contributed by atoms with Gasteiger partial charge in [-0.15, -0.1) is 0 Å². The fourth-order valence-electron chi connectivity index (χ4n) is 3.22. The van der Waals surface area contributed by atoms with Crippen molar-refractivity contribution in [2.24, 2.45) is 11.3 Å². The van der Waals surface area contributed by atoms with E-state index in [-0.39, 0.29) is 5.92 Å². The van der Waals surface area contributed by atoms with Gasteiger partial charge in [-0.1, -0.05) is 32.4 Å². The number of carbonyl (C=O) groups is 1. The summed E-state index contributed by atoms with van der Waals surface area (Å²) in [5.41, 5.74) is 2.21. The van der Waals surface area contributed by atoms with Gasteiger partial charge >= 0.3 is 0 Å². The number of hydrogen-bond donors (Lipinski definition) is 0. The van der Waals surface area contributed by atoms with Crippen LogP contribution in [0.1, 0.15) is 64.8 Å². The predicted molar refractivity (Wildman–Crippen MR) is 86.7 cm³/mol. The van der Waals surface area contributed by atoms with Crippen molar-refractivity contribution < 1.29 is 4.79 Å². The third kappa shape index (κ3) is 3.68. The molecule has 0 amide bonds. The molecule has 0 radical (unpaired) electrons. The van der Waals surface area contributed by atoms with Crippen LogP contribution in [0, 0.1) is 11.3 Å². The van der Waals surface area contributed by atoms with Gasteiger partial charge in [0.2, 0.25) is 0 Å². The third-order valence-electron chi connectivity index (χ3n) is 4.83. The normalized spacial score (nSPS) is 18.9. The molecule has 1 fully saturated rings. The number of aromatic nitrogens is 2. The summed E-state index contributed by atoms with van der Waals surface area (Å²) in [5, 5.41) is 5.20. The molecule has 0 spiro atoms. The summed E-state index contributed by atoms with van der Waals surface area (Å²) < 4.78 is 1.89. The quantitative estimate of drug-likeness (QED) is 0.805. The molecule has 1 aliphatic carbocycles. The average Bonchev–Trinajstić information content (AvgIpc) is 2.75. The van der Waals surface area contributed by atoms with Gasteiger partial charge in [-0.25, -0.2) is 0 Å². The second-order valence-corrected chi connectivity index (χ2v) is 7.34. The van der Waals surface area contributed by atoms with Crippen molar-refractivity contribution in [3.63, 3.8) is 0 Å². The zero-order valence-corrected chi connectivity index (χ0v) is 14.5. The summed E-state index contributed by atoms with van der Waals surface area (Å²) in [6, 6.07) is 0. The lowest BCUT2D eigenvalue weighted by Gasteiger charge is -2.33. The molecule has 1 aromatic rings. The third-order valence-corrected chi connectivity index (χ3v) is 5.27. The highest BCUT2D eigenvalue weighted by molar-refractivity contribution is 6.32. The number of rotatable bonds is 5. The zero-order chi connectivity index (χ0) is 15.6. The molecule has 0 unspecified atom stereocenters. The Morgan fingerprint density at radius 1 is 1.33 bits per heavy atom. The topological polar surface area (TPSA) is 34.9 Å². The van der Waals surface area contributed by atoms with Crippen LogP contribution in [0.3, 0.4) is 0 Å². The van der Waals surface area contributed by atoms with Crippen LogP contribution in [0.2, 0.25) is 5.02 Å². The van der Waals surface area contributed by atoms with Gasteiger partial charge < -0.3 is 0 Å². The van der Waals surface area contributed by atoms with Crippen molar-refractivity contribution in [2.75, 3.05) is 0 Å². The maximum absolute atomic E-state index is 12.6. The number of carbonyl (C=O) groups excluding carboxylic acids is 1. The summed E-state index contributed by atoms with van der Waals surface area (Å²) in [5.74, 6) is 0.545. The van der Waals surface area contributed by atoms with Crippen LogP contribution in [0.5, 0.6) is 0 Å². The summed E-state index contributed by atoms with van der Waals surface area (Å²) in [6.45, 7) is 9.44. The van der Waals surface area contributed by atoms with Crippen LogP contribution >= 0.6 is 11.6 Å². The summed E-state index contributed by atoms with van der Waals surface area (Å²) >= 11 is 6.40. The maximum Gasteiger partial charge on any atom is 0.141 e. The molecule has 1 heterocycles. The fraction of sp³-hybridized carbons (Fsp3) is 0.765. The van der Waals surface area contributed by atoms with Gasteiger partial charge in [0, 0.05) is 12.5 Å². The van der Waals surface area contributed by atoms with E-state index < -0.39 is 0 Å². The first kappa shape index (κ1) is 16.5. The standard InChI is InChI=1S/C17H27ClN2O/c1-5-13-16(18)14(20(6-2)19-13)11-15(21)12-7-9-17(3,4)10-8-12/h12H,5-11H2,1-4H3. The van der Waals surface area contributed by atoms with Gasteiger partial charge in [0.25, 0.3) is 0 Å². The molecule has 2 rings (SSSR count). The van der Waals surface area contributed by atoms with Crippen LogP contribution in [-0.4, -0.2) is 15.6 Å². The van der Waals surface area contributed by atoms with E-state index in [9.17, 15) is 4.79 Å². The van der Waals surface area contributed by atoms with E-state index in [4.69, 9.17) is 11.6 Å². The Kier molecular flexibility index (Phi) is 5.13. The highest BCUT2D eigenvalue weighted by Crippen LogP contribution is 2.38. The monoisotopic (exact) mass is 310 g/mol. The van der Waals surface area contributed by atoms with E-state index in [1.165, 1.54) is 0 Å². The minimum atomic E-state index is 0.208. The van der Waals surface area contributed by atoms with Gasteiger partial charge in [-0.2, -0.15) is 5.10 Å². The van der Waals surface area contributed by atoms with Crippen LogP contribution in [0.25, 0.3) is 0 Å². The Hall–Kier alpha value is -0.830. The van der Waals surface area contributed by atoms with Crippen molar-refractivity contribution in [2.45, 2.75) is 72.8 Å². The first-order valence-electron chi connectivity index (χ1n) is 8.14. The molecule has 3 nitrogen and oxygen atoms in total. The van der Waals surface area contributed by atoms with Gasteiger partial charge in [-0.3, -0.25) is 9.48 Å². The molecular weight excluding hydrogens is 284 g/mol. The molecule has 0 N–H and O–H groups in total. The molecular formula is C17H27ClN2O. The largest absolute Gasteiger partial charge is 0.299 e. The highest BCUT2D eigenvalue weighted by atomic mass is 35.5. The van der Waals surface area contributed by atoms with Crippen molar-refractivity contribution in [1.29, 1.82) is 0 Å². The minimum Gasteiger partial charge on any atom is -0.299 e. The number of nitrogens with zero attached hydrogens (tertiary/aromatic N) is 2. The lowest BCUT2D eigenvalue weighted by atomic mass is 9.71. The molecule has 118 valence electrons. The maximum atomic E-state index is 12.6. The molecule has 0 aromatic carbocycles. The first-order chi connectivity index (χ1) is 9.88. The number of aryl methyl sites for hydroxylation is 2. The molecule has 0 saturated heterocycles. The van der Waals surface area contributed by atoms with Crippen LogP contribution in [0.4, 0.5) is 0 Å². The Bertz CT molecular complexity index is 509. The SMILES string of the molecule is CCc1nn(CC)c(CC(=O)C2CCC(C)(C)CC2)c1Cl. The van der Waals surface area contributed by atoms with E-state index in [0.29, 0.717) is 22.6 Å². The van der Waals surface area contributed by atoms with Crippen molar-refractivity contribution in [3.05, 3.63) is 16.4 Å². The van der Waals surface area contributed by atoms with E-state index in [1.807, 2.05) is 18.5 Å². The second-order valence-electron chi connectivity index (χ2n) is 6.96. The molecule has 4 heteroatoms. The molecule has 1 aliphatic rings. The van der Waals surface area contributed by atoms with Crippen molar-refractivity contribution >= 4 is 17.4 Å². The van der Waals surface area contributed by atoms with Gasteiger partial charge in [0.1, 0.15) is 5.78 Å².